The maximum absolute atomic E-state index is 11.5. The normalized spacial score (nSPS) is 12.1. The average Bonchev–Trinajstić information content (AvgIpc) is 2.38. The van der Waals surface area contributed by atoms with Crippen LogP contribution in [0.4, 0.5) is 0 Å². The monoisotopic (exact) mass is 251 g/mol. The first-order valence-corrected chi connectivity index (χ1v) is 7.18. The van der Waals surface area contributed by atoms with Gasteiger partial charge in [0.25, 0.3) is 0 Å². The van der Waals surface area contributed by atoms with Gasteiger partial charge in [-0.2, -0.15) is 0 Å². The van der Waals surface area contributed by atoms with Crippen LogP contribution in [0.15, 0.2) is 35.2 Å². The molecule has 0 fully saturated rings. The highest BCUT2D eigenvalue weighted by Crippen LogP contribution is 2.17. The molecular formula is C14H21NOS. The Labute approximate surface area is 108 Å². The molecule has 1 aromatic carbocycles. The first-order valence-electron chi connectivity index (χ1n) is 6.19. The van der Waals surface area contributed by atoms with Gasteiger partial charge in [0.1, 0.15) is 0 Å². The van der Waals surface area contributed by atoms with Crippen molar-refractivity contribution >= 4 is 17.7 Å². The van der Waals surface area contributed by atoms with E-state index in [1.54, 1.807) is 0 Å². The molecule has 1 atom stereocenters. The van der Waals surface area contributed by atoms with Crippen LogP contribution in [0.5, 0.6) is 0 Å². The number of thioether (sulfide) groups is 1. The van der Waals surface area contributed by atoms with Crippen LogP contribution >= 0.6 is 11.8 Å². The molecular weight excluding hydrogens is 230 g/mol. The quantitative estimate of drug-likeness (QED) is 0.595. The van der Waals surface area contributed by atoms with E-state index in [4.69, 9.17) is 0 Å². The predicted octanol–water partition coefficient (Wildman–Crippen LogP) is 3.33. The Kier molecular flexibility index (Phi) is 6.78. The molecule has 0 spiro atoms. The summed E-state index contributed by atoms with van der Waals surface area (Å²) in [5.41, 5.74) is 0. The molecule has 0 saturated carbocycles. The van der Waals surface area contributed by atoms with Crippen LogP contribution in [0, 0.1) is 5.92 Å². The highest BCUT2D eigenvalue weighted by Gasteiger charge is 2.08. The number of nitrogens with one attached hydrogen (secondary N) is 1. The second kappa shape index (κ2) is 8.18. The highest BCUT2D eigenvalue weighted by atomic mass is 32.2. The van der Waals surface area contributed by atoms with Gasteiger partial charge in [-0.15, -0.1) is 11.8 Å². The first kappa shape index (κ1) is 14.1. The van der Waals surface area contributed by atoms with Gasteiger partial charge in [0, 0.05) is 17.4 Å². The molecule has 0 aliphatic heterocycles. The third-order valence-electron chi connectivity index (χ3n) is 2.69. The van der Waals surface area contributed by atoms with Crippen LogP contribution in [0.3, 0.4) is 0 Å². The van der Waals surface area contributed by atoms with E-state index in [0.29, 0.717) is 0 Å². The summed E-state index contributed by atoms with van der Waals surface area (Å²) in [6, 6.07) is 10.3. The zero-order chi connectivity index (χ0) is 12.5. The van der Waals surface area contributed by atoms with Crippen LogP contribution in [-0.2, 0) is 4.79 Å². The molecule has 2 nitrogen and oxygen atoms in total. The lowest BCUT2D eigenvalue weighted by Crippen LogP contribution is -2.29. The van der Waals surface area contributed by atoms with Gasteiger partial charge in [-0.05, 0) is 30.7 Å². The van der Waals surface area contributed by atoms with Gasteiger partial charge >= 0.3 is 0 Å². The van der Waals surface area contributed by atoms with Gasteiger partial charge < -0.3 is 5.32 Å². The molecule has 0 aliphatic rings. The van der Waals surface area contributed by atoms with Gasteiger partial charge in [-0.25, -0.2) is 0 Å². The number of benzene rings is 1. The minimum absolute atomic E-state index is 0.136. The summed E-state index contributed by atoms with van der Waals surface area (Å²) in [4.78, 5) is 12.8. The van der Waals surface area contributed by atoms with Gasteiger partial charge in [0.15, 0.2) is 0 Å². The number of carbonyl (C=O) groups is 1. The van der Waals surface area contributed by atoms with Crippen molar-refractivity contribution in [1.82, 2.24) is 5.32 Å². The lowest BCUT2D eigenvalue weighted by atomic mass is 10.1. The van der Waals surface area contributed by atoms with E-state index < -0.39 is 0 Å². The van der Waals surface area contributed by atoms with E-state index in [1.165, 1.54) is 4.90 Å². The number of carbonyl (C=O) groups excluding carboxylic acids is 1. The Balaban J connectivity index is 2.07. The minimum Gasteiger partial charge on any atom is -0.356 e. The molecule has 1 rings (SSSR count). The molecule has 3 heteroatoms. The van der Waals surface area contributed by atoms with Crippen molar-refractivity contribution in [3.8, 4) is 0 Å². The van der Waals surface area contributed by atoms with Gasteiger partial charge in [-0.1, -0.05) is 32.0 Å². The van der Waals surface area contributed by atoms with E-state index in [-0.39, 0.29) is 11.8 Å². The molecule has 0 aliphatic carbocycles. The minimum atomic E-state index is 0.136. The maximum atomic E-state index is 11.5. The average molecular weight is 251 g/mol. The van der Waals surface area contributed by atoms with E-state index in [2.05, 4.69) is 17.4 Å². The maximum Gasteiger partial charge on any atom is 0.222 e. The van der Waals surface area contributed by atoms with Crippen molar-refractivity contribution in [1.29, 1.82) is 0 Å². The Hall–Kier alpha value is -0.960. The Bertz CT molecular complexity index is 326. The Morgan fingerprint density at radius 1 is 1.35 bits per heavy atom. The first-order chi connectivity index (χ1) is 8.24. The van der Waals surface area contributed by atoms with E-state index in [0.717, 1.165) is 25.1 Å². The smallest absolute Gasteiger partial charge is 0.222 e. The van der Waals surface area contributed by atoms with Crippen molar-refractivity contribution in [2.45, 2.75) is 31.6 Å². The summed E-state index contributed by atoms with van der Waals surface area (Å²) in [6.07, 6.45) is 1.92. The standard InChI is InChI=1S/C14H21NOS/c1-3-12(2)14(16)15-10-7-11-17-13-8-5-4-6-9-13/h4-6,8-9,12H,3,7,10-11H2,1-2H3,(H,15,16)/t12-/m1/s1. The fourth-order valence-electron chi connectivity index (χ4n) is 1.35. The third-order valence-corrected chi connectivity index (χ3v) is 3.79. The van der Waals surface area contributed by atoms with Crippen molar-refractivity contribution < 1.29 is 4.79 Å². The van der Waals surface area contributed by atoms with Crippen LogP contribution in [-0.4, -0.2) is 18.2 Å². The highest BCUT2D eigenvalue weighted by molar-refractivity contribution is 7.99. The van der Waals surface area contributed by atoms with Crippen molar-refractivity contribution in [2.75, 3.05) is 12.3 Å². The molecule has 1 amide bonds. The lowest BCUT2D eigenvalue weighted by Gasteiger charge is -2.09. The molecule has 0 heterocycles. The lowest BCUT2D eigenvalue weighted by molar-refractivity contribution is -0.124. The van der Waals surface area contributed by atoms with Crippen molar-refractivity contribution in [2.24, 2.45) is 5.92 Å². The predicted molar refractivity (Wildman–Crippen MR) is 74.2 cm³/mol. The number of hydrogen-bond acceptors (Lipinski definition) is 2. The van der Waals surface area contributed by atoms with E-state index in [9.17, 15) is 4.79 Å². The summed E-state index contributed by atoms with van der Waals surface area (Å²) < 4.78 is 0. The molecule has 17 heavy (non-hydrogen) atoms. The van der Waals surface area contributed by atoms with Crippen LogP contribution in [0.1, 0.15) is 26.7 Å². The second-order valence-electron chi connectivity index (χ2n) is 4.12. The van der Waals surface area contributed by atoms with Gasteiger partial charge in [0.2, 0.25) is 5.91 Å². The van der Waals surface area contributed by atoms with Crippen LogP contribution < -0.4 is 5.32 Å². The molecule has 0 bridgehead atoms. The summed E-state index contributed by atoms with van der Waals surface area (Å²) in [7, 11) is 0. The van der Waals surface area contributed by atoms with E-state index in [1.807, 2.05) is 43.8 Å². The molecule has 1 N–H and O–H groups in total. The summed E-state index contributed by atoms with van der Waals surface area (Å²) in [6.45, 7) is 4.78. The summed E-state index contributed by atoms with van der Waals surface area (Å²) in [5.74, 6) is 1.36. The largest absolute Gasteiger partial charge is 0.356 e. The Morgan fingerprint density at radius 2 is 2.06 bits per heavy atom. The summed E-state index contributed by atoms with van der Waals surface area (Å²) >= 11 is 1.83. The molecule has 0 aromatic heterocycles. The zero-order valence-corrected chi connectivity index (χ0v) is 11.4. The molecule has 0 saturated heterocycles. The van der Waals surface area contributed by atoms with Crippen molar-refractivity contribution in [3.05, 3.63) is 30.3 Å². The number of amides is 1. The summed E-state index contributed by atoms with van der Waals surface area (Å²) in [5, 5.41) is 2.97. The second-order valence-corrected chi connectivity index (χ2v) is 5.28. The van der Waals surface area contributed by atoms with Crippen LogP contribution in [0.25, 0.3) is 0 Å². The SMILES string of the molecule is CC[C@@H](C)C(=O)NCCCSc1ccccc1. The van der Waals surface area contributed by atoms with Gasteiger partial charge in [0.05, 0.1) is 0 Å². The Morgan fingerprint density at radius 3 is 2.71 bits per heavy atom. The molecule has 94 valence electrons. The van der Waals surface area contributed by atoms with E-state index >= 15 is 0 Å². The molecule has 1 aromatic rings. The van der Waals surface area contributed by atoms with Crippen LogP contribution in [0.2, 0.25) is 0 Å². The fourth-order valence-corrected chi connectivity index (χ4v) is 2.22. The molecule has 0 unspecified atom stereocenters. The molecule has 0 radical (unpaired) electrons. The topological polar surface area (TPSA) is 29.1 Å². The zero-order valence-electron chi connectivity index (χ0n) is 10.6. The van der Waals surface area contributed by atoms with Crippen molar-refractivity contribution in [3.63, 3.8) is 0 Å². The third kappa shape index (κ3) is 5.78. The van der Waals surface area contributed by atoms with Gasteiger partial charge in [-0.3, -0.25) is 4.79 Å². The number of rotatable bonds is 7. The number of hydrogen-bond donors (Lipinski definition) is 1. The fraction of sp³-hybridized carbons (Fsp3) is 0.500.